The van der Waals surface area contributed by atoms with Gasteiger partial charge >= 0.3 is 5.97 Å². The second kappa shape index (κ2) is 5.97. The molecule has 4 nitrogen and oxygen atoms in total. The molecule has 0 N–H and O–H groups in total. The van der Waals surface area contributed by atoms with Gasteiger partial charge in [0.2, 0.25) is 0 Å². The summed E-state index contributed by atoms with van der Waals surface area (Å²) in [7, 11) is 1.34. The number of esters is 1. The molecule has 6 heteroatoms. The number of halogens is 2. The summed E-state index contributed by atoms with van der Waals surface area (Å²) in [6, 6.07) is 7.28. The molecule has 106 valence electrons. The first-order valence-corrected chi connectivity index (χ1v) is 7.25. The molecule has 0 bridgehead atoms. The van der Waals surface area contributed by atoms with Crippen LogP contribution in [0, 0.1) is 0 Å². The Kier molecular flexibility index (Phi) is 4.50. The number of carbonyl (C=O) groups is 1. The third kappa shape index (κ3) is 2.74. The Bertz CT molecular complexity index is 635. The van der Waals surface area contributed by atoms with Gasteiger partial charge in [0.15, 0.2) is 5.69 Å². The minimum atomic E-state index is -0.466. The molecule has 0 unspecified atom stereocenters. The fraction of sp³-hybridized carbons (Fsp3) is 0.286. The van der Waals surface area contributed by atoms with E-state index in [0.29, 0.717) is 9.50 Å². The van der Waals surface area contributed by atoms with E-state index in [1.165, 1.54) is 7.11 Å². The Morgan fingerprint density at radius 1 is 1.35 bits per heavy atom. The fourth-order valence-corrected chi connectivity index (χ4v) is 2.91. The predicted molar refractivity (Wildman–Crippen MR) is 81.7 cm³/mol. The molecule has 0 saturated carbocycles. The summed E-state index contributed by atoms with van der Waals surface area (Å²) >= 11 is 9.34. The van der Waals surface area contributed by atoms with Crippen molar-refractivity contribution < 1.29 is 9.53 Å². The van der Waals surface area contributed by atoms with Gasteiger partial charge in [-0.25, -0.2) is 9.48 Å². The fourth-order valence-electron chi connectivity index (χ4n) is 1.92. The van der Waals surface area contributed by atoms with Crippen molar-refractivity contribution in [2.45, 2.75) is 19.8 Å². The third-order valence-electron chi connectivity index (χ3n) is 2.86. The average molecular weight is 358 g/mol. The number of rotatable bonds is 3. The monoisotopic (exact) mass is 356 g/mol. The van der Waals surface area contributed by atoms with Crippen molar-refractivity contribution in [1.29, 1.82) is 0 Å². The maximum Gasteiger partial charge on any atom is 0.359 e. The van der Waals surface area contributed by atoms with E-state index in [-0.39, 0.29) is 11.6 Å². The highest BCUT2D eigenvalue weighted by Gasteiger charge is 2.24. The molecule has 2 aromatic rings. The second-order valence-electron chi connectivity index (χ2n) is 4.58. The zero-order valence-electron chi connectivity index (χ0n) is 11.4. The zero-order chi connectivity index (χ0) is 14.9. The Labute approximate surface area is 130 Å². The third-order valence-corrected chi connectivity index (χ3v) is 3.89. The lowest BCUT2D eigenvalue weighted by molar-refractivity contribution is 0.0592. The van der Waals surface area contributed by atoms with Crippen molar-refractivity contribution in [3.63, 3.8) is 0 Å². The summed E-state index contributed by atoms with van der Waals surface area (Å²) in [6.07, 6.45) is 0. The van der Waals surface area contributed by atoms with Gasteiger partial charge in [0, 0.05) is 5.02 Å². The number of nitrogens with zero attached hydrogens (tertiary/aromatic N) is 2. The largest absolute Gasteiger partial charge is 0.464 e. The van der Waals surface area contributed by atoms with E-state index in [4.69, 9.17) is 16.3 Å². The first-order chi connectivity index (χ1) is 9.45. The second-order valence-corrected chi connectivity index (χ2v) is 5.81. The van der Waals surface area contributed by atoms with Gasteiger partial charge in [0.25, 0.3) is 0 Å². The lowest BCUT2D eigenvalue weighted by atomic mass is 10.1. The maximum absolute atomic E-state index is 11.8. The predicted octanol–water partition coefficient (Wildman–Crippen LogP) is 4.20. The average Bonchev–Trinajstić information content (AvgIpc) is 2.76. The topological polar surface area (TPSA) is 44.1 Å². The smallest absolute Gasteiger partial charge is 0.359 e. The van der Waals surface area contributed by atoms with Crippen LogP contribution >= 0.6 is 27.5 Å². The van der Waals surface area contributed by atoms with Gasteiger partial charge in [-0.15, -0.1) is 0 Å². The van der Waals surface area contributed by atoms with Crippen LogP contribution < -0.4 is 0 Å². The van der Waals surface area contributed by atoms with Gasteiger partial charge in [0.1, 0.15) is 0 Å². The Morgan fingerprint density at radius 3 is 2.45 bits per heavy atom. The number of methoxy groups -OCH3 is 1. The van der Waals surface area contributed by atoms with E-state index in [0.717, 1.165) is 11.4 Å². The van der Waals surface area contributed by atoms with E-state index in [1.807, 2.05) is 26.0 Å². The van der Waals surface area contributed by atoms with Crippen LogP contribution in [-0.4, -0.2) is 22.9 Å². The Morgan fingerprint density at radius 2 is 1.95 bits per heavy atom. The van der Waals surface area contributed by atoms with Crippen LogP contribution in [0.5, 0.6) is 0 Å². The number of ether oxygens (including phenoxy) is 1. The molecule has 20 heavy (non-hydrogen) atoms. The van der Waals surface area contributed by atoms with Crippen molar-refractivity contribution in [3.8, 4) is 5.69 Å². The minimum absolute atomic E-state index is 0.186. The van der Waals surface area contributed by atoms with Crippen molar-refractivity contribution in [1.82, 2.24) is 9.78 Å². The van der Waals surface area contributed by atoms with Crippen molar-refractivity contribution in [2.75, 3.05) is 7.11 Å². The van der Waals surface area contributed by atoms with Crippen molar-refractivity contribution >= 4 is 33.5 Å². The zero-order valence-corrected chi connectivity index (χ0v) is 13.7. The van der Waals surface area contributed by atoms with Crippen LogP contribution in [0.4, 0.5) is 0 Å². The molecule has 1 aromatic heterocycles. The SMILES string of the molecule is COC(=O)c1nn(-c2ccc(Cl)cc2)c(C(C)C)c1Br. The van der Waals surface area contributed by atoms with Crippen LogP contribution in [0.25, 0.3) is 5.69 Å². The highest BCUT2D eigenvalue weighted by molar-refractivity contribution is 9.10. The van der Waals surface area contributed by atoms with Gasteiger partial charge in [-0.2, -0.15) is 5.10 Å². The molecule has 0 amide bonds. The summed E-state index contributed by atoms with van der Waals surface area (Å²) in [5, 5.41) is 5.01. The molecule has 0 aliphatic carbocycles. The standard InChI is InChI=1S/C14H14BrClN2O2/c1-8(2)13-11(15)12(14(19)20-3)17-18(13)10-6-4-9(16)5-7-10/h4-8H,1-3H3. The molecular weight excluding hydrogens is 344 g/mol. The lowest BCUT2D eigenvalue weighted by Crippen LogP contribution is -2.05. The number of hydrogen-bond acceptors (Lipinski definition) is 3. The summed E-state index contributed by atoms with van der Waals surface area (Å²) in [6.45, 7) is 4.07. The Balaban J connectivity index is 2.62. The summed E-state index contributed by atoms with van der Waals surface area (Å²) in [5.74, 6) is -0.280. The first-order valence-electron chi connectivity index (χ1n) is 6.08. The van der Waals surface area contributed by atoms with E-state index >= 15 is 0 Å². The van der Waals surface area contributed by atoms with Gasteiger partial charge < -0.3 is 4.74 Å². The van der Waals surface area contributed by atoms with Crippen LogP contribution in [0.15, 0.2) is 28.7 Å². The molecule has 0 aliphatic rings. The number of hydrogen-bond donors (Lipinski definition) is 0. The molecule has 0 spiro atoms. The molecular formula is C14H14BrClN2O2. The molecule has 0 radical (unpaired) electrons. The van der Waals surface area contributed by atoms with E-state index in [2.05, 4.69) is 21.0 Å². The van der Waals surface area contributed by atoms with E-state index in [9.17, 15) is 4.79 Å². The van der Waals surface area contributed by atoms with Crippen LogP contribution in [0.2, 0.25) is 5.02 Å². The molecule has 0 aliphatic heterocycles. The highest BCUT2D eigenvalue weighted by atomic mass is 79.9. The van der Waals surface area contributed by atoms with E-state index < -0.39 is 5.97 Å². The van der Waals surface area contributed by atoms with Crippen LogP contribution in [0.3, 0.4) is 0 Å². The van der Waals surface area contributed by atoms with Crippen molar-refractivity contribution in [3.05, 3.63) is 45.1 Å². The van der Waals surface area contributed by atoms with Gasteiger partial charge in [-0.3, -0.25) is 0 Å². The van der Waals surface area contributed by atoms with Gasteiger partial charge in [0.05, 0.1) is 23.0 Å². The van der Waals surface area contributed by atoms with Crippen LogP contribution in [0.1, 0.15) is 35.9 Å². The van der Waals surface area contributed by atoms with E-state index in [1.54, 1.807) is 16.8 Å². The lowest BCUT2D eigenvalue weighted by Gasteiger charge is -2.10. The summed E-state index contributed by atoms with van der Waals surface area (Å²) in [5.41, 5.74) is 2.02. The molecule has 0 fully saturated rings. The number of aromatic nitrogens is 2. The molecule has 1 heterocycles. The minimum Gasteiger partial charge on any atom is -0.464 e. The van der Waals surface area contributed by atoms with Crippen LogP contribution in [-0.2, 0) is 4.74 Å². The maximum atomic E-state index is 11.8. The molecule has 0 saturated heterocycles. The normalized spacial score (nSPS) is 10.9. The molecule has 1 aromatic carbocycles. The first kappa shape index (κ1) is 15.1. The van der Waals surface area contributed by atoms with Gasteiger partial charge in [-0.05, 0) is 46.1 Å². The number of carbonyl (C=O) groups excluding carboxylic acids is 1. The number of benzene rings is 1. The quantitative estimate of drug-likeness (QED) is 0.773. The summed E-state index contributed by atoms with van der Waals surface area (Å²) < 4.78 is 7.15. The summed E-state index contributed by atoms with van der Waals surface area (Å²) in [4.78, 5) is 11.8. The van der Waals surface area contributed by atoms with Gasteiger partial charge in [-0.1, -0.05) is 25.4 Å². The molecule has 0 atom stereocenters. The molecule has 2 rings (SSSR count). The Hall–Kier alpha value is -1.33. The van der Waals surface area contributed by atoms with Crippen molar-refractivity contribution in [2.24, 2.45) is 0 Å². The highest BCUT2D eigenvalue weighted by Crippen LogP contribution is 2.31.